The number of nitrogens with zero attached hydrogens (tertiary/aromatic N) is 4. The summed E-state index contributed by atoms with van der Waals surface area (Å²) in [5, 5.41) is 3.26. The fraction of sp³-hybridized carbons (Fsp3) is 0.750. The van der Waals surface area contributed by atoms with E-state index in [1.807, 2.05) is 7.05 Å². The number of fused-ring (bicyclic) bond motifs is 1. The minimum Gasteiger partial charge on any atom is -0.373 e. The van der Waals surface area contributed by atoms with Gasteiger partial charge in [-0.3, -0.25) is 4.79 Å². The average Bonchev–Trinajstić information content (AvgIpc) is 3.31. The number of carbonyl (C=O) groups is 1. The lowest BCUT2D eigenvalue weighted by Crippen LogP contribution is -2.34. The molecule has 1 aromatic rings. The molecule has 1 saturated heterocycles. The standard InChI is InChI=1S/C20H31N5O/c1-21-19-15-9-11-24(2)13-16(15)22-20(23-19)17-8-5-10-25(17)18(26)12-14-6-3-4-7-14/h14,17H,3-13H2,1-2H3,(H,21,22,23)/t17-/m0/s1. The predicted octanol–water partition coefficient (Wildman–Crippen LogP) is 2.75. The van der Waals surface area contributed by atoms with Gasteiger partial charge in [-0.05, 0) is 45.1 Å². The third-order valence-corrected chi connectivity index (χ3v) is 6.32. The van der Waals surface area contributed by atoms with Gasteiger partial charge in [-0.2, -0.15) is 0 Å². The van der Waals surface area contributed by atoms with Crippen molar-refractivity contribution < 1.29 is 4.79 Å². The van der Waals surface area contributed by atoms with Crippen LogP contribution in [-0.4, -0.2) is 52.9 Å². The lowest BCUT2D eigenvalue weighted by molar-refractivity contribution is -0.133. The summed E-state index contributed by atoms with van der Waals surface area (Å²) in [6.07, 6.45) is 8.74. The third-order valence-electron chi connectivity index (χ3n) is 6.32. The van der Waals surface area contributed by atoms with Crippen molar-refractivity contribution in [2.24, 2.45) is 5.92 Å². The Morgan fingerprint density at radius 2 is 1.96 bits per heavy atom. The monoisotopic (exact) mass is 357 g/mol. The summed E-state index contributed by atoms with van der Waals surface area (Å²) in [6, 6.07) is 0.0496. The van der Waals surface area contributed by atoms with E-state index in [-0.39, 0.29) is 6.04 Å². The van der Waals surface area contributed by atoms with Gasteiger partial charge in [0.15, 0.2) is 5.82 Å². The minimum atomic E-state index is 0.0496. The summed E-state index contributed by atoms with van der Waals surface area (Å²) in [5.41, 5.74) is 2.37. The van der Waals surface area contributed by atoms with E-state index in [2.05, 4.69) is 22.2 Å². The van der Waals surface area contributed by atoms with E-state index in [4.69, 9.17) is 9.97 Å². The first-order valence-electron chi connectivity index (χ1n) is 10.2. The highest BCUT2D eigenvalue weighted by Crippen LogP contribution is 2.35. The lowest BCUT2D eigenvalue weighted by atomic mass is 10.0. The van der Waals surface area contributed by atoms with Gasteiger partial charge in [0.2, 0.25) is 5.91 Å². The summed E-state index contributed by atoms with van der Waals surface area (Å²) in [5.74, 6) is 2.69. The van der Waals surface area contributed by atoms with Crippen LogP contribution in [0.1, 0.15) is 68.1 Å². The number of anilines is 1. The molecule has 0 unspecified atom stereocenters. The Hall–Kier alpha value is -1.69. The maximum Gasteiger partial charge on any atom is 0.223 e. The number of amides is 1. The summed E-state index contributed by atoms with van der Waals surface area (Å²) in [7, 11) is 4.07. The van der Waals surface area contributed by atoms with Gasteiger partial charge in [-0.1, -0.05) is 12.8 Å². The van der Waals surface area contributed by atoms with Gasteiger partial charge in [0.1, 0.15) is 5.82 Å². The molecule has 3 aliphatic rings. The van der Waals surface area contributed by atoms with Crippen LogP contribution in [0.3, 0.4) is 0 Å². The fourth-order valence-corrected chi connectivity index (χ4v) is 4.85. The van der Waals surface area contributed by atoms with Gasteiger partial charge in [0, 0.05) is 38.7 Å². The Kier molecular flexibility index (Phi) is 5.11. The molecule has 2 aliphatic heterocycles. The molecule has 0 aromatic carbocycles. The zero-order valence-electron chi connectivity index (χ0n) is 16.1. The number of hydrogen-bond acceptors (Lipinski definition) is 5. The van der Waals surface area contributed by atoms with Crippen molar-refractivity contribution in [3.63, 3.8) is 0 Å². The van der Waals surface area contributed by atoms with Crippen molar-refractivity contribution in [2.75, 3.05) is 32.5 Å². The zero-order chi connectivity index (χ0) is 18.1. The number of aromatic nitrogens is 2. The summed E-state index contributed by atoms with van der Waals surface area (Å²) < 4.78 is 0. The van der Waals surface area contributed by atoms with Gasteiger partial charge in [0.05, 0.1) is 11.7 Å². The number of likely N-dealkylation sites (N-methyl/N-ethyl adjacent to an activating group) is 1. The molecular weight excluding hydrogens is 326 g/mol. The smallest absolute Gasteiger partial charge is 0.223 e. The van der Waals surface area contributed by atoms with Crippen molar-refractivity contribution in [3.8, 4) is 0 Å². The number of hydrogen-bond donors (Lipinski definition) is 1. The minimum absolute atomic E-state index is 0.0496. The lowest BCUT2D eigenvalue weighted by Gasteiger charge is -2.29. The van der Waals surface area contributed by atoms with E-state index in [1.165, 1.54) is 31.2 Å². The van der Waals surface area contributed by atoms with Crippen molar-refractivity contribution in [2.45, 2.75) is 64.0 Å². The van der Waals surface area contributed by atoms with E-state index in [1.54, 1.807) is 0 Å². The quantitative estimate of drug-likeness (QED) is 0.898. The molecule has 142 valence electrons. The van der Waals surface area contributed by atoms with Crippen LogP contribution < -0.4 is 5.32 Å². The van der Waals surface area contributed by atoms with E-state index < -0.39 is 0 Å². The third kappa shape index (κ3) is 3.43. The molecule has 1 aliphatic carbocycles. The van der Waals surface area contributed by atoms with Crippen molar-refractivity contribution in [3.05, 3.63) is 17.1 Å². The Balaban J connectivity index is 1.57. The van der Waals surface area contributed by atoms with E-state index in [0.717, 1.165) is 56.2 Å². The molecule has 6 nitrogen and oxygen atoms in total. The molecule has 1 N–H and O–H groups in total. The summed E-state index contributed by atoms with van der Waals surface area (Å²) >= 11 is 0. The molecule has 3 heterocycles. The molecule has 26 heavy (non-hydrogen) atoms. The molecule has 0 spiro atoms. The molecule has 1 saturated carbocycles. The second-order valence-corrected chi connectivity index (χ2v) is 8.19. The summed E-state index contributed by atoms with van der Waals surface area (Å²) in [6.45, 7) is 2.76. The Labute approximate surface area is 156 Å². The first-order valence-corrected chi connectivity index (χ1v) is 10.2. The molecule has 1 amide bonds. The normalized spacial score (nSPS) is 24.1. The molecule has 2 fully saturated rings. The van der Waals surface area contributed by atoms with Gasteiger partial charge in [-0.15, -0.1) is 0 Å². The first kappa shape index (κ1) is 17.7. The van der Waals surface area contributed by atoms with Crippen LogP contribution in [0.25, 0.3) is 0 Å². The van der Waals surface area contributed by atoms with Crippen LogP contribution in [0, 0.1) is 5.92 Å². The highest BCUT2D eigenvalue weighted by molar-refractivity contribution is 5.77. The number of likely N-dealkylation sites (tertiary alicyclic amines) is 1. The maximum atomic E-state index is 12.9. The van der Waals surface area contributed by atoms with Crippen LogP contribution in [0.5, 0.6) is 0 Å². The van der Waals surface area contributed by atoms with E-state index in [0.29, 0.717) is 18.2 Å². The molecule has 6 heteroatoms. The number of carbonyl (C=O) groups excluding carboxylic acids is 1. The topological polar surface area (TPSA) is 61.4 Å². The zero-order valence-corrected chi connectivity index (χ0v) is 16.1. The van der Waals surface area contributed by atoms with Crippen LogP contribution in [0.2, 0.25) is 0 Å². The molecule has 1 aromatic heterocycles. The average molecular weight is 358 g/mol. The van der Waals surface area contributed by atoms with Crippen LogP contribution >= 0.6 is 0 Å². The molecule has 0 radical (unpaired) electrons. The second kappa shape index (κ2) is 7.51. The van der Waals surface area contributed by atoms with Gasteiger partial charge in [0.25, 0.3) is 0 Å². The highest BCUT2D eigenvalue weighted by Gasteiger charge is 2.34. The van der Waals surface area contributed by atoms with Crippen molar-refractivity contribution >= 4 is 11.7 Å². The summed E-state index contributed by atoms with van der Waals surface area (Å²) in [4.78, 5) is 27.1. The highest BCUT2D eigenvalue weighted by atomic mass is 16.2. The Bertz CT molecular complexity index is 670. The van der Waals surface area contributed by atoms with E-state index in [9.17, 15) is 4.79 Å². The predicted molar refractivity (Wildman–Crippen MR) is 102 cm³/mol. The Morgan fingerprint density at radius 1 is 1.15 bits per heavy atom. The fourth-order valence-electron chi connectivity index (χ4n) is 4.85. The van der Waals surface area contributed by atoms with Gasteiger partial charge < -0.3 is 15.1 Å². The van der Waals surface area contributed by atoms with Crippen LogP contribution in [0.4, 0.5) is 5.82 Å². The van der Waals surface area contributed by atoms with Crippen molar-refractivity contribution in [1.29, 1.82) is 0 Å². The molecule has 1 atom stereocenters. The van der Waals surface area contributed by atoms with Gasteiger partial charge in [-0.25, -0.2) is 9.97 Å². The Morgan fingerprint density at radius 3 is 2.73 bits per heavy atom. The van der Waals surface area contributed by atoms with Crippen LogP contribution in [-0.2, 0) is 17.8 Å². The first-order chi connectivity index (χ1) is 12.7. The molecule has 0 bridgehead atoms. The van der Waals surface area contributed by atoms with Gasteiger partial charge >= 0.3 is 0 Å². The number of nitrogens with one attached hydrogen (secondary N) is 1. The molecular formula is C20H31N5O. The molecule has 4 rings (SSSR count). The van der Waals surface area contributed by atoms with Crippen molar-refractivity contribution in [1.82, 2.24) is 19.8 Å². The maximum absolute atomic E-state index is 12.9. The second-order valence-electron chi connectivity index (χ2n) is 8.19. The van der Waals surface area contributed by atoms with Crippen LogP contribution in [0.15, 0.2) is 0 Å². The number of rotatable bonds is 4. The van der Waals surface area contributed by atoms with E-state index >= 15 is 0 Å². The largest absolute Gasteiger partial charge is 0.373 e. The SMILES string of the molecule is CNc1nc([C@@H]2CCCN2C(=O)CC2CCCC2)nc2c1CCN(C)C2.